The van der Waals surface area contributed by atoms with Crippen molar-refractivity contribution in [1.29, 1.82) is 0 Å². The molecular formula is C28H24IN3O7. The molecule has 0 atom stereocenters. The van der Waals surface area contributed by atoms with Crippen LogP contribution in [0.5, 0.6) is 17.2 Å². The van der Waals surface area contributed by atoms with E-state index >= 15 is 0 Å². The normalized spacial score (nSPS) is 14.3. The Kier molecular flexibility index (Phi) is 8.49. The van der Waals surface area contributed by atoms with Crippen LogP contribution in [0.15, 0.2) is 66.2 Å². The number of ether oxygens (including phenoxy) is 2. The van der Waals surface area contributed by atoms with E-state index in [9.17, 15) is 24.3 Å². The number of hydrogen-bond donors (Lipinski definition) is 3. The number of rotatable bonds is 8. The second kappa shape index (κ2) is 12.0. The third-order valence-corrected chi connectivity index (χ3v) is 6.42. The van der Waals surface area contributed by atoms with Gasteiger partial charge in [-0.1, -0.05) is 18.2 Å². The van der Waals surface area contributed by atoms with Crippen LogP contribution >= 0.6 is 22.6 Å². The Labute approximate surface area is 237 Å². The lowest BCUT2D eigenvalue weighted by atomic mass is 10.1. The molecule has 1 heterocycles. The van der Waals surface area contributed by atoms with E-state index in [4.69, 9.17) is 9.47 Å². The molecule has 1 aliphatic heterocycles. The van der Waals surface area contributed by atoms with Gasteiger partial charge >= 0.3 is 6.03 Å². The zero-order valence-electron chi connectivity index (χ0n) is 21.0. The van der Waals surface area contributed by atoms with Crippen molar-refractivity contribution in [1.82, 2.24) is 5.32 Å². The lowest BCUT2D eigenvalue weighted by Crippen LogP contribution is -2.54. The highest BCUT2D eigenvalue weighted by Gasteiger charge is 2.37. The molecule has 1 saturated heterocycles. The fourth-order valence-corrected chi connectivity index (χ4v) is 4.55. The van der Waals surface area contributed by atoms with Gasteiger partial charge in [-0.25, -0.2) is 9.69 Å². The van der Waals surface area contributed by atoms with Crippen molar-refractivity contribution in [2.45, 2.75) is 13.8 Å². The number of nitrogens with zero attached hydrogens (tertiary/aromatic N) is 1. The first kappa shape index (κ1) is 27.6. The van der Waals surface area contributed by atoms with E-state index < -0.39 is 17.8 Å². The van der Waals surface area contributed by atoms with Crippen LogP contribution in [0.2, 0.25) is 0 Å². The molecule has 5 amide bonds. The summed E-state index contributed by atoms with van der Waals surface area (Å²) in [6, 6.07) is 15.1. The van der Waals surface area contributed by atoms with Crippen LogP contribution in [0.1, 0.15) is 18.1 Å². The summed E-state index contributed by atoms with van der Waals surface area (Å²) in [6.07, 6.45) is 1.34. The van der Waals surface area contributed by atoms with Crippen LogP contribution in [0.4, 0.5) is 16.2 Å². The maximum absolute atomic E-state index is 13.2. The van der Waals surface area contributed by atoms with Gasteiger partial charge in [-0.05, 0) is 96.1 Å². The summed E-state index contributed by atoms with van der Waals surface area (Å²) >= 11 is 2.01. The molecule has 0 radical (unpaired) electrons. The first-order valence-corrected chi connectivity index (χ1v) is 12.9. The van der Waals surface area contributed by atoms with E-state index in [2.05, 4.69) is 10.6 Å². The highest BCUT2D eigenvalue weighted by atomic mass is 127. The maximum atomic E-state index is 13.2. The average Bonchev–Trinajstić information content (AvgIpc) is 2.88. The molecule has 4 rings (SSSR count). The Bertz CT molecular complexity index is 1480. The zero-order valence-corrected chi connectivity index (χ0v) is 23.1. The first-order valence-electron chi connectivity index (χ1n) is 11.8. The summed E-state index contributed by atoms with van der Waals surface area (Å²) in [5, 5.41) is 14.5. The van der Waals surface area contributed by atoms with Crippen molar-refractivity contribution < 1.29 is 33.8 Å². The van der Waals surface area contributed by atoms with Gasteiger partial charge in [-0.3, -0.25) is 19.7 Å². The second-order valence-electron chi connectivity index (χ2n) is 8.39. The smallest absolute Gasteiger partial charge is 0.335 e. The van der Waals surface area contributed by atoms with Crippen molar-refractivity contribution in [2.75, 3.05) is 23.4 Å². The van der Waals surface area contributed by atoms with Crippen molar-refractivity contribution in [3.63, 3.8) is 0 Å². The molecule has 11 heteroatoms. The summed E-state index contributed by atoms with van der Waals surface area (Å²) in [5.74, 6) is -1.41. The van der Waals surface area contributed by atoms with Crippen LogP contribution in [-0.4, -0.2) is 42.1 Å². The van der Waals surface area contributed by atoms with Crippen LogP contribution < -0.4 is 25.0 Å². The lowest BCUT2D eigenvalue weighted by molar-refractivity contribution is -0.122. The SMILES string of the molecule is CCOc1cc(/C=C2/C(=O)NC(=O)N(c3ccc(O)cc3)C2=O)cc(I)c1OCC(=O)Nc1ccccc1C. The Hall–Kier alpha value is -4.39. The Balaban J connectivity index is 1.58. The van der Waals surface area contributed by atoms with Gasteiger partial charge in [-0.2, -0.15) is 0 Å². The molecule has 1 aliphatic rings. The number of carbonyl (C=O) groups is 4. The molecule has 0 saturated carbocycles. The monoisotopic (exact) mass is 641 g/mol. The number of aryl methyl sites for hydroxylation is 1. The first-order chi connectivity index (χ1) is 18.7. The molecule has 200 valence electrons. The van der Waals surface area contributed by atoms with Gasteiger partial charge in [0.1, 0.15) is 11.3 Å². The van der Waals surface area contributed by atoms with Crippen molar-refractivity contribution in [3.05, 3.63) is 80.9 Å². The van der Waals surface area contributed by atoms with Gasteiger partial charge in [0.05, 0.1) is 15.9 Å². The number of anilines is 2. The summed E-state index contributed by atoms with van der Waals surface area (Å²) in [4.78, 5) is 51.5. The highest BCUT2D eigenvalue weighted by Crippen LogP contribution is 2.35. The minimum Gasteiger partial charge on any atom is -0.508 e. The summed E-state index contributed by atoms with van der Waals surface area (Å²) in [6.45, 7) is 3.70. The van der Waals surface area contributed by atoms with Crippen LogP contribution in [0, 0.1) is 10.5 Å². The summed E-state index contributed by atoms with van der Waals surface area (Å²) < 4.78 is 12.1. The number of urea groups is 1. The molecule has 0 aromatic heterocycles. The van der Waals surface area contributed by atoms with E-state index in [1.54, 1.807) is 25.1 Å². The number of para-hydroxylation sites is 1. The van der Waals surface area contributed by atoms with Crippen molar-refractivity contribution >= 4 is 63.8 Å². The van der Waals surface area contributed by atoms with E-state index in [0.717, 1.165) is 10.5 Å². The number of phenolic OH excluding ortho intramolecular Hbond substituents is 1. The van der Waals surface area contributed by atoms with Crippen LogP contribution in [0.3, 0.4) is 0 Å². The molecule has 39 heavy (non-hydrogen) atoms. The highest BCUT2D eigenvalue weighted by molar-refractivity contribution is 14.1. The Morgan fingerprint density at radius 2 is 1.79 bits per heavy atom. The standard InChI is InChI=1S/C28H24IN3O7/c1-3-38-23-14-17(13-21(29)25(23)39-15-24(34)30-22-7-5-4-6-16(22)2)12-20-26(35)31-28(37)32(27(20)36)18-8-10-19(33)11-9-18/h4-14,33H,3,15H2,1-2H3,(H,30,34)(H,31,35,37)/b20-12-. The van der Waals surface area contributed by atoms with Crippen LogP contribution in [-0.2, 0) is 14.4 Å². The molecule has 0 spiro atoms. The number of phenols is 1. The molecule has 0 aliphatic carbocycles. The maximum Gasteiger partial charge on any atom is 0.335 e. The van der Waals surface area contributed by atoms with Gasteiger partial charge in [0.15, 0.2) is 18.1 Å². The number of hydrogen-bond acceptors (Lipinski definition) is 7. The second-order valence-corrected chi connectivity index (χ2v) is 9.55. The van der Waals surface area contributed by atoms with Gasteiger partial charge < -0.3 is 19.9 Å². The fraction of sp³-hybridized carbons (Fsp3) is 0.143. The van der Waals surface area contributed by atoms with Gasteiger partial charge in [0.25, 0.3) is 17.7 Å². The molecule has 1 fully saturated rings. The topological polar surface area (TPSA) is 134 Å². The third kappa shape index (κ3) is 6.37. The van der Waals surface area contributed by atoms with Gasteiger partial charge in [-0.15, -0.1) is 0 Å². The number of barbiturate groups is 1. The Morgan fingerprint density at radius 3 is 2.49 bits per heavy atom. The van der Waals surface area contributed by atoms with E-state index in [1.807, 2.05) is 47.7 Å². The predicted octanol–water partition coefficient (Wildman–Crippen LogP) is 4.39. The predicted molar refractivity (Wildman–Crippen MR) is 153 cm³/mol. The van der Waals surface area contributed by atoms with Gasteiger partial charge in [0.2, 0.25) is 0 Å². The van der Waals surface area contributed by atoms with Crippen LogP contribution in [0.25, 0.3) is 6.08 Å². The van der Waals surface area contributed by atoms with Crippen molar-refractivity contribution in [3.8, 4) is 17.2 Å². The largest absolute Gasteiger partial charge is 0.508 e. The lowest BCUT2D eigenvalue weighted by Gasteiger charge is -2.26. The summed E-state index contributed by atoms with van der Waals surface area (Å²) in [5.41, 5.74) is 1.96. The molecular weight excluding hydrogens is 617 g/mol. The quantitative estimate of drug-likeness (QED) is 0.189. The molecule has 0 unspecified atom stereocenters. The number of benzene rings is 3. The number of imide groups is 2. The van der Waals surface area contributed by atoms with E-state index in [0.29, 0.717) is 32.9 Å². The minimum atomic E-state index is -0.898. The van der Waals surface area contributed by atoms with Crippen molar-refractivity contribution in [2.24, 2.45) is 0 Å². The fourth-order valence-electron chi connectivity index (χ4n) is 3.77. The number of nitrogens with one attached hydrogen (secondary N) is 2. The average molecular weight is 641 g/mol. The third-order valence-electron chi connectivity index (χ3n) is 5.62. The number of aromatic hydroxyl groups is 1. The molecule has 3 N–H and O–H groups in total. The molecule has 10 nitrogen and oxygen atoms in total. The zero-order chi connectivity index (χ0) is 28.1. The van der Waals surface area contributed by atoms with E-state index in [-0.39, 0.29) is 29.5 Å². The number of carbonyl (C=O) groups excluding carboxylic acids is 4. The number of amides is 5. The Morgan fingerprint density at radius 1 is 1.08 bits per heavy atom. The molecule has 0 bridgehead atoms. The van der Waals surface area contributed by atoms with Gasteiger partial charge in [0, 0.05) is 5.69 Å². The minimum absolute atomic E-state index is 0.0385. The molecule has 3 aromatic rings. The molecule has 3 aromatic carbocycles. The van der Waals surface area contributed by atoms with E-state index in [1.165, 1.54) is 30.3 Å². The number of halogens is 1. The summed E-state index contributed by atoms with van der Waals surface area (Å²) in [7, 11) is 0.